The number of pyridine rings is 1. The maximum Gasteiger partial charge on any atom is 0.358 e. The van der Waals surface area contributed by atoms with Crippen molar-refractivity contribution in [2.24, 2.45) is 0 Å². The number of hydrogen-bond acceptors (Lipinski definition) is 3. The van der Waals surface area contributed by atoms with E-state index in [0.717, 1.165) is 3.57 Å². The largest absolute Gasteiger partial charge is 0.476 e. The Morgan fingerprint density at radius 1 is 1.18 bits per heavy atom. The van der Waals surface area contributed by atoms with Crippen molar-refractivity contribution in [2.75, 3.05) is 0 Å². The number of nitrogens with zero attached hydrogens (tertiary/aromatic N) is 1. The first kappa shape index (κ1) is 11.8. The van der Waals surface area contributed by atoms with E-state index >= 15 is 0 Å². The van der Waals surface area contributed by atoms with Crippen LogP contribution in [-0.2, 0) is 0 Å². The molecule has 4 nitrogen and oxygen atoms in total. The number of benzene rings is 1. The molecule has 0 atom stereocenters. The molecule has 0 unspecified atom stereocenters. The summed E-state index contributed by atoms with van der Waals surface area (Å²) in [6, 6.07) is 10.6. The average Bonchev–Trinajstić information content (AvgIpc) is 2.32. The molecule has 1 heterocycles. The fourth-order valence-corrected chi connectivity index (χ4v) is 1.78. The third-order valence-electron chi connectivity index (χ3n) is 2.03. The van der Waals surface area contributed by atoms with Gasteiger partial charge in [-0.25, -0.2) is 9.78 Å². The molecule has 0 fully saturated rings. The van der Waals surface area contributed by atoms with Gasteiger partial charge < -0.3 is 9.84 Å². The molecule has 1 N–H and O–H groups in total. The molecule has 86 valence electrons. The van der Waals surface area contributed by atoms with E-state index in [1.807, 2.05) is 18.2 Å². The van der Waals surface area contributed by atoms with Crippen LogP contribution in [0.5, 0.6) is 11.5 Å². The van der Waals surface area contributed by atoms with Crippen LogP contribution in [-0.4, -0.2) is 16.1 Å². The predicted molar refractivity (Wildman–Crippen MR) is 70.4 cm³/mol. The number of halogens is 1. The highest BCUT2D eigenvalue weighted by molar-refractivity contribution is 14.1. The van der Waals surface area contributed by atoms with Gasteiger partial charge in [-0.1, -0.05) is 12.1 Å². The van der Waals surface area contributed by atoms with E-state index in [-0.39, 0.29) is 11.4 Å². The fraction of sp³-hybridized carbons (Fsp3) is 0. The Kier molecular flexibility index (Phi) is 3.58. The molecular formula is C12H8INO3. The van der Waals surface area contributed by atoms with Gasteiger partial charge in [0.1, 0.15) is 5.75 Å². The Morgan fingerprint density at radius 3 is 2.59 bits per heavy atom. The quantitative estimate of drug-likeness (QED) is 0.872. The molecule has 1 aromatic heterocycles. The summed E-state index contributed by atoms with van der Waals surface area (Å²) < 4.78 is 6.46. The summed E-state index contributed by atoms with van der Waals surface area (Å²) in [5, 5.41) is 8.97. The second-order valence-electron chi connectivity index (χ2n) is 3.19. The van der Waals surface area contributed by atoms with Crippen LogP contribution in [0.3, 0.4) is 0 Å². The van der Waals surface area contributed by atoms with Crippen molar-refractivity contribution in [2.45, 2.75) is 0 Å². The van der Waals surface area contributed by atoms with Crippen molar-refractivity contribution >= 4 is 28.6 Å². The van der Waals surface area contributed by atoms with Crippen LogP contribution >= 0.6 is 22.6 Å². The average molecular weight is 341 g/mol. The highest BCUT2D eigenvalue weighted by Gasteiger charge is 2.13. The van der Waals surface area contributed by atoms with Gasteiger partial charge in [-0.15, -0.1) is 0 Å². The van der Waals surface area contributed by atoms with Gasteiger partial charge in [-0.2, -0.15) is 0 Å². The molecule has 2 rings (SSSR count). The number of ether oxygens (including phenoxy) is 1. The minimum atomic E-state index is -1.11. The summed E-state index contributed by atoms with van der Waals surface area (Å²) in [5.41, 5.74) is -0.0906. The number of para-hydroxylation sites is 1. The number of rotatable bonds is 3. The van der Waals surface area contributed by atoms with Crippen molar-refractivity contribution < 1.29 is 14.6 Å². The van der Waals surface area contributed by atoms with Gasteiger partial charge in [0.25, 0.3) is 0 Å². The summed E-state index contributed by atoms with van der Waals surface area (Å²) in [4.78, 5) is 14.7. The summed E-state index contributed by atoms with van der Waals surface area (Å²) in [6.45, 7) is 0. The maximum atomic E-state index is 11.0. The standard InChI is InChI=1S/C12H8INO3/c13-8-4-1-2-5-9(8)17-10-6-3-7-14-11(10)12(15)16/h1-7H,(H,15,16). The normalized spacial score (nSPS) is 9.94. The van der Waals surface area contributed by atoms with Crippen LogP contribution in [0.25, 0.3) is 0 Å². The number of hydrogen-bond donors (Lipinski definition) is 1. The molecule has 0 aliphatic rings. The molecule has 1 aromatic carbocycles. The van der Waals surface area contributed by atoms with E-state index in [1.165, 1.54) is 6.20 Å². The van der Waals surface area contributed by atoms with E-state index in [4.69, 9.17) is 9.84 Å². The molecule has 0 amide bonds. The fourth-order valence-electron chi connectivity index (χ4n) is 1.28. The Bertz CT molecular complexity index is 557. The Hall–Kier alpha value is -1.63. The van der Waals surface area contributed by atoms with Gasteiger partial charge >= 0.3 is 5.97 Å². The van der Waals surface area contributed by atoms with E-state index in [1.54, 1.807) is 18.2 Å². The Balaban J connectivity index is 2.37. The molecular weight excluding hydrogens is 333 g/mol. The zero-order valence-corrected chi connectivity index (χ0v) is 10.8. The van der Waals surface area contributed by atoms with Gasteiger partial charge in [0, 0.05) is 6.20 Å². The van der Waals surface area contributed by atoms with Crippen molar-refractivity contribution in [1.82, 2.24) is 4.98 Å². The third kappa shape index (κ3) is 2.73. The summed E-state index contributed by atoms with van der Waals surface area (Å²) >= 11 is 2.12. The number of aromatic carboxylic acids is 1. The van der Waals surface area contributed by atoms with Gasteiger partial charge in [0.15, 0.2) is 11.4 Å². The first-order chi connectivity index (χ1) is 8.18. The van der Waals surface area contributed by atoms with E-state index in [2.05, 4.69) is 27.6 Å². The lowest BCUT2D eigenvalue weighted by molar-refractivity contribution is 0.0687. The molecule has 5 heteroatoms. The molecule has 0 aliphatic heterocycles. The molecule has 17 heavy (non-hydrogen) atoms. The smallest absolute Gasteiger partial charge is 0.358 e. The van der Waals surface area contributed by atoms with Gasteiger partial charge in [0.05, 0.1) is 3.57 Å². The van der Waals surface area contributed by atoms with Crippen LogP contribution in [0, 0.1) is 3.57 Å². The molecule has 0 bridgehead atoms. The highest BCUT2D eigenvalue weighted by Crippen LogP contribution is 2.27. The lowest BCUT2D eigenvalue weighted by Gasteiger charge is -2.08. The lowest BCUT2D eigenvalue weighted by atomic mass is 10.3. The topological polar surface area (TPSA) is 59.4 Å². The number of aromatic nitrogens is 1. The van der Waals surface area contributed by atoms with Crippen molar-refractivity contribution in [3.8, 4) is 11.5 Å². The number of carbonyl (C=O) groups is 1. The highest BCUT2D eigenvalue weighted by atomic mass is 127. The molecule has 2 aromatic rings. The van der Waals surface area contributed by atoms with Crippen molar-refractivity contribution in [3.63, 3.8) is 0 Å². The van der Waals surface area contributed by atoms with E-state index in [9.17, 15) is 4.79 Å². The monoisotopic (exact) mass is 341 g/mol. The zero-order chi connectivity index (χ0) is 12.3. The van der Waals surface area contributed by atoms with Gasteiger partial charge in [-0.3, -0.25) is 0 Å². The zero-order valence-electron chi connectivity index (χ0n) is 8.63. The second-order valence-corrected chi connectivity index (χ2v) is 4.35. The molecule has 0 spiro atoms. The maximum absolute atomic E-state index is 11.0. The van der Waals surface area contributed by atoms with E-state index < -0.39 is 5.97 Å². The molecule has 0 saturated carbocycles. The van der Waals surface area contributed by atoms with Crippen LogP contribution < -0.4 is 4.74 Å². The first-order valence-corrected chi connectivity index (χ1v) is 5.87. The second kappa shape index (κ2) is 5.13. The minimum absolute atomic E-state index is 0.0906. The Morgan fingerprint density at radius 2 is 1.88 bits per heavy atom. The van der Waals surface area contributed by atoms with Crippen LogP contribution in [0.2, 0.25) is 0 Å². The minimum Gasteiger partial charge on any atom is -0.476 e. The number of carboxylic acids is 1. The lowest BCUT2D eigenvalue weighted by Crippen LogP contribution is -2.03. The molecule has 0 radical (unpaired) electrons. The van der Waals surface area contributed by atoms with Crippen LogP contribution in [0.15, 0.2) is 42.6 Å². The van der Waals surface area contributed by atoms with Crippen LogP contribution in [0.1, 0.15) is 10.5 Å². The Labute approximate surface area is 111 Å². The van der Waals surface area contributed by atoms with E-state index in [0.29, 0.717) is 5.75 Å². The van der Waals surface area contributed by atoms with Gasteiger partial charge in [0.2, 0.25) is 0 Å². The third-order valence-corrected chi connectivity index (χ3v) is 2.92. The molecule has 0 aliphatic carbocycles. The summed E-state index contributed by atoms with van der Waals surface area (Å²) in [7, 11) is 0. The number of carboxylic acid groups (broad SMARTS) is 1. The van der Waals surface area contributed by atoms with Crippen LogP contribution in [0.4, 0.5) is 0 Å². The summed E-state index contributed by atoms with van der Waals surface area (Å²) in [6.07, 6.45) is 1.42. The van der Waals surface area contributed by atoms with Crippen molar-refractivity contribution in [3.05, 3.63) is 51.9 Å². The first-order valence-electron chi connectivity index (χ1n) is 4.79. The van der Waals surface area contributed by atoms with Gasteiger partial charge in [-0.05, 0) is 46.9 Å². The molecule has 0 saturated heterocycles. The SMILES string of the molecule is O=C(O)c1ncccc1Oc1ccccc1I. The van der Waals surface area contributed by atoms with Crippen molar-refractivity contribution in [1.29, 1.82) is 0 Å². The predicted octanol–water partition coefficient (Wildman–Crippen LogP) is 3.18. The summed E-state index contributed by atoms with van der Waals surface area (Å²) in [5.74, 6) is -0.251.